The largest absolute Gasteiger partial charge is 0.322 e. The SMILES string of the molecule is Cc1nn(Cc2ccc(C(=O)Nc3ccc(C(C)C)cc3)cc2)c(C)c1S(=O)(=O)N1CCCC1. The summed E-state index contributed by atoms with van der Waals surface area (Å²) in [5.41, 5.74) is 4.63. The number of sulfonamides is 1. The van der Waals surface area contributed by atoms with Gasteiger partial charge in [-0.15, -0.1) is 0 Å². The van der Waals surface area contributed by atoms with Crippen LogP contribution in [0.3, 0.4) is 0 Å². The molecule has 0 unspecified atom stereocenters. The highest BCUT2D eigenvalue weighted by Crippen LogP contribution is 2.27. The first-order chi connectivity index (χ1) is 16.2. The van der Waals surface area contributed by atoms with Gasteiger partial charge in [-0.25, -0.2) is 8.42 Å². The van der Waals surface area contributed by atoms with Crippen molar-refractivity contribution in [2.45, 2.75) is 57.9 Å². The minimum atomic E-state index is -3.53. The molecule has 1 N–H and O–H groups in total. The standard InChI is InChI=1S/C26H32N4O3S/c1-18(2)22-11-13-24(14-12-22)27-26(31)23-9-7-21(8-10-23)17-30-20(4)25(19(3)28-30)34(32,33)29-15-5-6-16-29/h7-14,18H,5-6,15-17H2,1-4H3,(H,27,31). The van der Waals surface area contributed by atoms with E-state index in [1.807, 2.05) is 36.4 Å². The van der Waals surface area contributed by atoms with Gasteiger partial charge in [-0.2, -0.15) is 9.40 Å². The number of rotatable bonds is 7. The van der Waals surface area contributed by atoms with Gasteiger partial charge in [-0.1, -0.05) is 38.1 Å². The summed E-state index contributed by atoms with van der Waals surface area (Å²) in [7, 11) is -3.53. The topological polar surface area (TPSA) is 84.3 Å². The molecule has 0 spiro atoms. The summed E-state index contributed by atoms with van der Waals surface area (Å²) >= 11 is 0. The van der Waals surface area contributed by atoms with Crippen molar-refractivity contribution >= 4 is 21.6 Å². The van der Waals surface area contributed by atoms with Crippen LogP contribution >= 0.6 is 0 Å². The molecule has 2 aromatic carbocycles. The Morgan fingerprint density at radius 3 is 2.21 bits per heavy atom. The van der Waals surface area contributed by atoms with E-state index in [0.29, 0.717) is 47.4 Å². The number of carbonyl (C=O) groups is 1. The van der Waals surface area contributed by atoms with Crippen molar-refractivity contribution in [3.05, 3.63) is 76.6 Å². The lowest BCUT2D eigenvalue weighted by Crippen LogP contribution is -2.28. The Balaban J connectivity index is 1.46. The maximum absolute atomic E-state index is 13.1. The lowest BCUT2D eigenvalue weighted by molar-refractivity contribution is 0.102. The molecule has 1 aliphatic heterocycles. The number of nitrogens with one attached hydrogen (secondary N) is 1. The van der Waals surface area contributed by atoms with Gasteiger partial charge in [0.1, 0.15) is 4.90 Å². The molecule has 0 bridgehead atoms. The fourth-order valence-corrected chi connectivity index (χ4v) is 6.24. The number of aryl methyl sites for hydroxylation is 1. The number of hydrogen-bond acceptors (Lipinski definition) is 4. The number of anilines is 1. The zero-order valence-electron chi connectivity index (χ0n) is 20.2. The van der Waals surface area contributed by atoms with E-state index in [-0.39, 0.29) is 5.91 Å². The zero-order chi connectivity index (χ0) is 24.5. The van der Waals surface area contributed by atoms with E-state index < -0.39 is 10.0 Å². The van der Waals surface area contributed by atoms with E-state index in [0.717, 1.165) is 24.1 Å². The number of amides is 1. The fraction of sp³-hybridized carbons (Fsp3) is 0.385. The van der Waals surface area contributed by atoms with E-state index >= 15 is 0 Å². The maximum Gasteiger partial charge on any atom is 0.255 e. The molecule has 0 radical (unpaired) electrons. The molecule has 0 aliphatic carbocycles. The number of nitrogens with zero attached hydrogens (tertiary/aromatic N) is 3. The van der Waals surface area contributed by atoms with Crippen molar-refractivity contribution in [2.24, 2.45) is 0 Å². The minimum absolute atomic E-state index is 0.172. The van der Waals surface area contributed by atoms with Crippen molar-refractivity contribution in [1.82, 2.24) is 14.1 Å². The molecule has 7 nitrogen and oxygen atoms in total. The van der Waals surface area contributed by atoms with Crippen molar-refractivity contribution in [2.75, 3.05) is 18.4 Å². The minimum Gasteiger partial charge on any atom is -0.322 e. The molecule has 8 heteroatoms. The van der Waals surface area contributed by atoms with E-state index in [1.165, 1.54) is 5.56 Å². The highest BCUT2D eigenvalue weighted by Gasteiger charge is 2.32. The molecule has 1 aromatic heterocycles. The third-order valence-corrected chi connectivity index (χ3v) is 8.51. The van der Waals surface area contributed by atoms with Gasteiger partial charge in [0.05, 0.1) is 17.9 Å². The van der Waals surface area contributed by atoms with Crippen LogP contribution in [0.4, 0.5) is 5.69 Å². The Morgan fingerprint density at radius 1 is 1.00 bits per heavy atom. The van der Waals surface area contributed by atoms with E-state index in [9.17, 15) is 13.2 Å². The highest BCUT2D eigenvalue weighted by atomic mass is 32.2. The third-order valence-electron chi connectivity index (χ3n) is 6.36. The second kappa shape index (κ2) is 9.72. The lowest BCUT2D eigenvalue weighted by Gasteiger charge is -2.15. The van der Waals surface area contributed by atoms with E-state index in [1.54, 1.807) is 35.0 Å². The Bertz CT molecular complexity index is 1270. The van der Waals surface area contributed by atoms with Crippen molar-refractivity contribution < 1.29 is 13.2 Å². The maximum atomic E-state index is 13.1. The lowest BCUT2D eigenvalue weighted by atomic mass is 10.0. The molecule has 0 atom stereocenters. The van der Waals surface area contributed by atoms with Crippen molar-refractivity contribution in [3.8, 4) is 0 Å². The first-order valence-electron chi connectivity index (χ1n) is 11.7. The van der Waals surface area contributed by atoms with Crippen LogP contribution in [0, 0.1) is 13.8 Å². The summed E-state index contributed by atoms with van der Waals surface area (Å²) in [6, 6.07) is 15.2. The molecule has 3 aromatic rings. The Kier molecular flexibility index (Phi) is 6.91. The predicted molar refractivity (Wildman–Crippen MR) is 134 cm³/mol. The van der Waals surface area contributed by atoms with Gasteiger partial charge >= 0.3 is 0 Å². The van der Waals surface area contributed by atoms with E-state index in [4.69, 9.17) is 0 Å². The molecular weight excluding hydrogens is 448 g/mol. The van der Waals surface area contributed by atoms with Gasteiger partial charge in [0.2, 0.25) is 10.0 Å². The molecule has 180 valence electrons. The van der Waals surface area contributed by atoms with Crippen LogP contribution in [0.2, 0.25) is 0 Å². The van der Waals surface area contributed by atoms with Crippen LogP contribution < -0.4 is 5.32 Å². The Hall–Kier alpha value is -2.97. The second-order valence-electron chi connectivity index (χ2n) is 9.20. The van der Waals surface area contributed by atoms with E-state index in [2.05, 4.69) is 24.3 Å². The van der Waals surface area contributed by atoms with Crippen LogP contribution in [0.1, 0.15) is 65.5 Å². The van der Waals surface area contributed by atoms with Gasteiger partial charge in [-0.05, 0) is 68.0 Å². The average molecular weight is 481 g/mol. The first kappa shape index (κ1) is 24.2. The summed E-state index contributed by atoms with van der Waals surface area (Å²) in [5, 5.41) is 7.44. The van der Waals surface area contributed by atoms with Crippen LogP contribution in [-0.4, -0.2) is 41.5 Å². The highest BCUT2D eigenvalue weighted by molar-refractivity contribution is 7.89. The van der Waals surface area contributed by atoms with Gasteiger partial charge in [0.25, 0.3) is 5.91 Å². The molecular formula is C26H32N4O3S. The third kappa shape index (κ3) is 4.93. The van der Waals surface area contributed by atoms with Crippen LogP contribution in [0.15, 0.2) is 53.4 Å². The van der Waals surface area contributed by atoms with Gasteiger partial charge < -0.3 is 5.32 Å². The smallest absolute Gasteiger partial charge is 0.255 e. The summed E-state index contributed by atoms with van der Waals surface area (Å²) in [5.74, 6) is 0.268. The molecule has 4 rings (SSSR count). The second-order valence-corrected chi connectivity index (χ2v) is 11.1. The summed E-state index contributed by atoms with van der Waals surface area (Å²) in [6.07, 6.45) is 1.79. The first-order valence-corrected chi connectivity index (χ1v) is 13.1. The summed E-state index contributed by atoms with van der Waals surface area (Å²) in [4.78, 5) is 13.0. The average Bonchev–Trinajstić information content (AvgIpc) is 3.44. The molecule has 2 heterocycles. The summed E-state index contributed by atoms with van der Waals surface area (Å²) < 4.78 is 29.5. The molecule has 1 amide bonds. The Labute approximate surface area is 201 Å². The normalized spacial score (nSPS) is 14.6. The fourth-order valence-electron chi connectivity index (χ4n) is 4.35. The monoisotopic (exact) mass is 480 g/mol. The van der Waals surface area contributed by atoms with Crippen LogP contribution in [0.5, 0.6) is 0 Å². The van der Waals surface area contributed by atoms with Crippen LogP contribution in [-0.2, 0) is 16.6 Å². The van der Waals surface area contributed by atoms with Crippen molar-refractivity contribution in [1.29, 1.82) is 0 Å². The van der Waals surface area contributed by atoms with Gasteiger partial charge in [0, 0.05) is 24.3 Å². The number of aromatic nitrogens is 2. The predicted octanol–water partition coefficient (Wildman–Crippen LogP) is 4.71. The van der Waals surface area contributed by atoms with Crippen LogP contribution in [0.25, 0.3) is 0 Å². The molecule has 0 saturated carbocycles. The van der Waals surface area contributed by atoms with Gasteiger partial charge in [0.15, 0.2) is 0 Å². The van der Waals surface area contributed by atoms with Crippen molar-refractivity contribution in [3.63, 3.8) is 0 Å². The quantitative estimate of drug-likeness (QED) is 0.531. The molecule has 1 aliphatic rings. The Morgan fingerprint density at radius 2 is 1.62 bits per heavy atom. The summed E-state index contributed by atoms with van der Waals surface area (Å²) in [6.45, 7) is 9.38. The molecule has 34 heavy (non-hydrogen) atoms. The number of benzene rings is 2. The zero-order valence-corrected chi connectivity index (χ0v) is 21.0. The van der Waals surface area contributed by atoms with Gasteiger partial charge in [-0.3, -0.25) is 9.48 Å². The number of carbonyl (C=O) groups excluding carboxylic acids is 1. The molecule has 1 saturated heterocycles. The molecule has 1 fully saturated rings. The number of hydrogen-bond donors (Lipinski definition) is 1.